The number of thiazole rings is 1. The second-order valence-corrected chi connectivity index (χ2v) is 5.56. The van der Waals surface area contributed by atoms with Gasteiger partial charge in [-0.05, 0) is 18.9 Å². The monoisotopic (exact) mass is 349 g/mol. The third kappa shape index (κ3) is 3.97. The van der Waals surface area contributed by atoms with Crippen molar-refractivity contribution in [2.45, 2.75) is 18.9 Å². The Morgan fingerprint density at radius 3 is 2.95 bits per heavy atom. The van der Waals surface area contributed by atoms with Crippen molar-refractivity contribution in [1.29, 1.82) is 0 Å². The molecule has 2 aromatic heterocycles. The molecule has 1 aliphatic heterocycles. The van der Waals surface area contributed by atoms with Crippen LogP contribution in [0.4, 0.5) is 0 Å². The van der Waals surface area contributed by atoms with Crippen LogP contribution in [0.5, 0.6) is 0 Å². The van der Waals surface area contributed by atoms with Crippen LogP contribution in [0.15, 0.2) is 28.4 Å². The number of amides is 1. The summed E-state index contributed by atoms with van der Waals surface area (Å²) in [7, 11) is 0. The first-order chi connectivity index (χ1) is 9.24. The summed E-state index contributed by atoms with van der Waals surface area (Å²) in [4.78, 5) is 18.5. The average Bonchev–Trinajstić information content (AvgIpc) is 3.08. The molecular weight excluding hydrogens is 333 g/mol. The van der Waals surface area contributed by atoms with Crippen LogP contribution in [0.3, 0.4) is 0 Å². The van der Waals surface area contributed by atoms with Gasteiger partial charge in [-0.3, -0.25) is 4.79 Å². The Kier molecular flexibility index (Phi) is 6.67. The number of hydrogen-bond acceptors (Lipinski definition) is 5. The minimum Gasteiger partial charge on any atom is -0.472 e. The van der Waals surface area contributed by atoms with E-state index in [-0.39, 0.29) is 36.8 Å². The molecule has 21 heavy (non-hydrogen) atoms. The molecule has 0 aromatic carbocycles. The number of carbonyl (C=O) groups is 1. The third-order valence-electron chi connectivity index (χ3n) is 3.24. The van der Waals surface area contributed by atoms with E-state index in [1.165, 1.54) is 11.3 Å². The standard InChI is InChI=1S/C13H15N3O2S.2ClH/c14-10-2-1-4-16(6-10)13(17)11-8-19-12(15-11)9-3-5-18-7-9;;/h3,5,7-8,10H,1-2,4,6,14H2;2*1H. The number of carbonyl (C=O) groups excluding carboxylic acids is 1. The van der Waals surface area contributed by atoms with Crippen LogP contribution in [0, 0.1) is 0 Å². The molecule has 0 bridgehead atoms. The molecule has 1 aliphatic rings. The number of halogens is 2. The lowest BCUT2D eigenvalue weighted by Gasteiger charge is -2.30. The zero-order valence-corrected chi connectivity index (χ0v) is 13.7. The Balaban J connectivity index is 0.00000110. The van der Waals surface area contributed by atoms with Crippen LogP contribution >= 0.6 is 36.2 Å². The summed E-state index contributed by atoms with van der Waals surface area (Å²) in [5.41, 5.74) is 7.30. The fourth-order valence-electron chi connectivity index (χ4n) is 2.25. The maximum atomic E-state index is 12.3. The first-order valence-electron chi connectivity index (χ1n) is 6.27. The summed E-state index contributed by atoms with van der Waals surface area (Å²) in [6.07, 6.45) is 5.18. The van der Waals surface area contributed by atoms with Gasteiger partial charge in [-0.1, -0.05) is 0 Å². The van der Waals surface area contributed by atoms with Crippen molar-refractivity contribution in [3.8, 4) is 10.6 Å². The average molecular weight is 350 g/mol. The summed E-state index contributed by atoms with van der Waals surface area (Å²) >= 11 is 1.45. The van der Waals surface area contributed by atoms with E-state index in [1.54, 1.807) is 22.8 Å². The Bertz CT molecular complexity index is 574. The summed E-state index contributed by atoms with van der Waals surface area (Å²) in [5.74, 6) is -0.0267. The first-order valence-corrected chi connectivity index (χ1v) is 7.15. The SMILES string of the molecule is Cl.Cl.NC1CCCN(C(=O)c2csc(-c3ccoc3)n2)C1. The quantitative estimate of drug-likeness (QED) is 0.904. The van der Waals surface area contributed by atoms with E-state index in [0.29, 0.717) is 12.2 Å². The molecule has 1 saturated heterocycles. The van der Waals surface area contributed by atoms with Crippen LogP contribution in [0.25, 0.3) is 10.6 Å². The van der Waals surface area contributed by atoms with Gasteiger partial charge in [0.15, 0.2) is 0 Å². The molecule has 0 aliphatic carbocycles. The highest BCUT2D eigenvalue weighted by Gasteiger charge is 2.24. The molecular formula is C13H17Cl2N3O2S. The van der Waals surface area contributed by atoms with Gasteiger partial charge in [0, 0.05) is 30.1 Å². The number of nitrogens with zero attached hydrogens (tertiary/aromatic N) is 2. The molecule has 0 radical (unpaired) electrons. The van der Waals surface area contributed by atoms with Crippen molar-refractivity contribution in [2.75, 3.05) is 13.1 Å². The van der Waals surface area contributed by atoms with Gasteiger partial charge in [0.1, 0.15) is 17.0 Å². The number of furan rings is 1. The van der Waals surface area contributed by atoms with Crippen molar-refractivity contribution in [3.05, 3.63) is 29.7 Å². The highest BCUT2D eigenvalue weighted by Crippen LogP contribution is 2.25. The molecule has 2 N–H and O–H groups in total. The number of nitrogens with two attached hydrogens (primary N) is 1. The molecule has 1 atom stereocenters. The molecule has 3 heterocycles. The Morgan fingerprint density at radius 1 is 1.48 bits per heavy atom. The Hall–Kier alpha value is -1.08. The molecule has 2 aromatic rings. The zero-order chi connectivity index (χ0) is 13.2. The molecule has 8 heteroatoms. The summed E-state index contributed by atoms with van der Waals surface area (Å²) in [6, 6.07) is 1.92. The third-order valence-corrected chi connectivity index (χ3v) is 4.13. The molecule has 5 nitrogen and oxygen atoms in total. The van der Waals surface area contributed by atoms with Gasteiger partial charge < -0.3 is 15.1 Å². The van der Waals surface area contributed by atoms with Crippen molar-refractivity contribution >= 4 is 42.1 Å². The first kappa shape index (κ1) is 18.0. The predicted octanol–water partition coefficient (Wildman–Crippen LogP) is 2.81. The maximum absolute atomic E-state index is 12.3. The number of piperidine rings is 1. The molecule has 3 rings (SSSR count). The predicted molar refractivity (Wildman–Crippen MR) is 87.4 cm³/mol. The maximum Gasteiger partial charge on any atom is 0.273 e. The van der Waals surface area contributed by atoms with Gasteiger partial charge >= 0.3 is 0 Å². The number of hydrogen-bond donors (Lipinski definition) is 1. The van der Waals surface area contributed by atoms with E-state index in [4.69, 9.17) is 10.2 Å². The van der Waals surface area contributed by atoms with E-state index < -0.39 is 0 Å². The Morgan fingerprint density at radius 2 is 2.29 bits per heavy atom. The second-order valence-electron chi connectivity index (χ2n) is 4.70. The van der Waals surface area contributed by atoms with E-state index in [0.717, 1.165) is 30.0 Å². The van der Waals surface area contributed by atoms with Gasteiger partial charge in [0.25, 0.3) is 5.91 Å². The van der Waals surface area contributed by atoms with Crippen LogP contribution in [0.2, 0.25) is 0 Å². The van der Waals surface area contributed by atoms with Crippen molar-refractivity contribution in [1.82, 2.24) is 9.88 Å². The fourth-order valence-corrected chi connectivity index (χ4v) is 3.03. The lowest BCUT2D eigenvalue weighted by Crippen LogP contribution is -2.45. The van der Waals surface area contributed by atoms with Crippen molar-refractivity contribution in [2.24, 2.45) is 5.73 Å². The van der Waals surface area contributed by atoms with Gasteiger partial charge in [0.05, 0.1) is 6.26 Å². The zero-order valence-electron chi connectivity index (χ0n) is 11.2. The van der Waals surface area contributed by atoms with Crippen molar-refractivity contribution < 1.29 is 9.21 Å². The van der Waals surface area contributed by atoms with Crippen LogP contribution in [0.1, 0.15) is 23.3 Å². The van der Waals surface area contributed by atoms with Gasteiger partial charge in [-0.15, -0.1) is 36.2 Å². The largest absolute Gasteiger partial charge is 0.472 e. The molecule has 1 amide bonds. The van der Waals surface area contributed by atoms with E-state index in [1.807, 2.05) is 6.07 Å². The number of aromatic nitrogens is 1. The second kappa shape index (κ2) is 7.79. The van der Waals surface area contributed by atoms with Crippen LogP contribution in [-0.4, -0.2) is 34.9 Å². The summed E-state index contributed by atoms with van der Waals surface area (Å²) in [6.45, 7) is 1.39. The smallest absolute Gasteiger partial charge is 0.273 e. The lowest BCUT2D eigenvalue weighted by molar-refractivity contribution is 0.0704. The normalized spacial score (nSPS) is 17.8. The summed E-state index contributed by atoms with van der Waals surface area (Å²) < 4.78 is 5.02. The minimum absolute atomic E-state index is 0. The van der Waals surface area contributed by atoms with Crippen LogP contribution < -0.4 is 5.73 Å². The number of rotatable bonds is 2. The minimum atomic E-state index is -0.0267. The number of likely N-dealkylation sites (tertiary alicyclic amines) is 1. The molecule has 1 fully saturated rings. The lowest BCUT2D eigenvalue weighted by atomic mass is 10.1. The van der Waals surface area contributed by atoms with Gasteiger partial charge in [-0.25, -0.2) is 4.98 Å². The van der Waals surface area contributed by atoms with Crippen LogP contribution in [-0.2, 0) is 0 Å². The van der Waals surface area contributed by atoms with Gasteiger partial charge in [0.2, 0.25) is 0 Å². The Labute approximate surface area is 139 Å². The van der Waals surface area contributed by atoms with Gasteiger partial charge in [-0.2, -0.15) is 0 Å². The summed E-state index contributed by atoms with van der Waals surface area (Å²) in [5, 5.41) is 2.60. The highest BCUT2D eigenvalue weighted by atomic mass is 35.5. The van der Waals surface area contributed by atoms with E-state index >= 15 is 0 Å². The fraction of sp³-hybridized carbons (Fsp3) is 0.385. The van der Waals surface area contributed by atoms with E-state index in [2.05, 4.69) is 4.98 Å². The molecule has 116 valence electrons. The molecule has 1 unspecified atom stereocenters. The van der Waals surface area contributed by atoms with Crippen molar-refractivity contribution in [3.63, 3.8) is 0 Å². The molecule has 0 saturated carbocycles. The molecule has 0 spiro atoms. The van der Waals surface area contributed by atoms with E-state index in [9.17, 15) is 4.79 Å². The highest BCUT2D eigenvalue weighted by molar-refractivity contribution is 7.13. The topological polar surface area (TPSA) is 72.4 Å².